The number of tetrazole rings is 1. The van der Waals surface area contributed by atoms with Gasteiger partial charge < -0.3 is 14.8 Å². The second kappa shape index (κ2) is 8.75. The molecule has 0 unspecified atom stereocenters. The van der Waals surface area contributed by atoms with Crippen LogP contribution in [0.4, 0.5) is 5.69 Å². The number of nitrogens with one attached hydrogen (secondary N) is 1. The van der Waals surface area contributed by atoms with Gasteiger partial charge in [-0.3, -0.25) is 4.79 Å². The van der Waals surface area contributed by atoms with Gasteiger partial charge in [0.1, 0.15) is 0 Å². The molecule has 0 saturated heterocycles. The van der Waals surface area contributed by atoms with Crippen LogP contribution in [0.3, 0.4) is 0 Å². The highest BCUT2D eigenvalue weighted by Gasteiger charge is 2.13. The average Bonchev–Trinajstić information content (AvgIpc) is 3.17. The zero-order chi connectivity index (χ0) is 20.1. The smallest absolute Gasteiger partial charge is 0.234 e. The minimum absolute atomic E-state index is 0.166. The highest BCUT2D eigenvalue weighted by atomic mass is 32.2. The summed E-state index contributed by atoms with van der Waals surface area (Å²) in [4.78, 5) is 12.3. The number of carbonyl (C=O) groups is 1. The van der Waals surface area contributed by atoms with Crippen molar-refractivity contribution < 1.29 is 14.3 Å². The highest BCUT2D eigenvalue weighted by molar-refractivity contribution is 7.99. The minimum Gasteiger partial charge on any atom is -0.493 e. The maximum atomic E-state index is 12.3. The predicted octanol–water partition coefficient (Wildman–Crippen LogP) is 3.03. The van der Waals surface area contributed by atoms with Crippen LogP contribution in [-0.4, -0.2) is 46.1 Å². The fourth-order valence-electron chi connectivity index (χ4n) is 2.53. The number of nitrogens with zero attached hydrogens (tertiary/aromatic N) is 4. The van der Waals surface area contributed by atoms with E-state index in [1.807, 2.05) is 32.0 Å². The largest absolute Gasteiger partial charge is 0.493 e. The van der Waals surface area contributed by atoms with Crippen LogP contribution in [-0.2, 0) is 4.79 Å². The molecule has 1 heterocycles. The fourth-order valence-corrected chi connectivity index (χ4v) is 3.22. The van der Waals surface area contributed by atoms with Crippen LogP contribution in [0.2, 0.25) is 0 Å². The monoisotopic (exact) mass is 399 g/mol. The fraction of sp³-hybridized carbons (Fsp3) is 0.263. The van der Waals surface area contributed by atoms with E-state index < -0.39 is 0 Å². The normalized spacial score (nSPS) is 10.6. The van der Waals surface area contributed by atoms with E-state index in [0.29, 0.717) is 22.3 Å². The van der Waals surface area contributed by atoms with Crippen LogP contribution >= 0.6 is 11.8 Å². The number of rotatable bonds is 7. The van der Waals surface area contributed by atoms with Gasteiger partial charge in [0.05, 0.1) is 25.7 Å². The molecule has 0 atom stereocenters. The number of ether oxygens (including phenoxy) is 2. The van der Waals surface area contributed by atoms with Gasteiger partial charge in [-0.25, -0.2) is 0 Å². The second-order valence-electron chi connectivity index (χ2n) is 6.05. The molecular weight excluding hydrogens is 378 g/mol. The van der Waals surface area contributed by atoms with Gasteiger partial charge in [-0.15, -0.1) is 5.10 Å². The van der Waals surface area contributed by atoms with Crippen molar-refractivity contribution in [3.63, 3.8) is 0 Å². The molecule has 146 valence electrons. The number of hydrogen-bond acceptors (Lipinski definition) is 7. The molecule has 8 nitrogen and oxygen atoms in total. The maximum absolute atomic E-state index is 12.3. The second-order valence-corrected chi connectivity index (χ2v) is 6.99. The molecule has 0 aliphatic carbocycles. The Labute approximate surface area is 167 Å². The summed E-state index contributed by atoms with van der Waals surface area (Å²) in [7, 11) is 3.11. The molecule has 0 aliphatic rings. The molecule has 9 heteroatoms. The predicted molar refractivity (Wildman–Crippen MR) is 108 cm³/mol. The standard InChI is InChI=1S/C19H21N5O3S/c1-12-5-7-15(9-13(12)2)24-19(21-22-23-24)28-11-18(25)20-14-6-8-16(26-3)17(10-14)27-4/h5-10H,11H2,1-4H3,(H,20,25). The van der Waals surface area contributed by atoms with Gasteiger partial charge in [0.25, 0.3) is 0 Å². The van der Waals surface area contributed by atoms with E-state index in [9.17, 15) is 4.79 Å². The summed E-state index contributed by atoms with van der Waals surface area (Å²) in [5, 5.41) is 15.2. The molecule has 1 aromatic heterocycles. The summed E-state index contributed by atoms with van der Waals surface area (Å²) >= 11 is 1.26. The lowest BCUT2D eigenvalue weighted by atomic mass is 10.1. The van der Waals surface area contributed by atoms with E-state index in [4.69, 9.17) is 9.47 Å². The number of aryl methyl sites for hydroxylation is 2. The molecular formula is C19H21N5O3S. The Hall–Kier alpha value is -3.07. The van der Waals surface area contributed by atoms with E-state index in [2.05, 4.69) is 20.8 Å². The molecule has 0 aliphatic heterocycles. The van der Waals surface area contributed by atoms with E-state index >= 15 is 0 Å². The Bertz CT molecular complexity index is 989. The maximum Gasteiger partial charge on any atom is 0.234 e. The van der Waals surface area contributed by atoms with Crippen molar-refractivity contribution in [1.82, 2.24) is 20.2 Å². The van der Waals surface area contributed by atoms with Crippen LogP contribution in [0, 0.1) is 13.8 Å². The van der Waals surface area contributed by atoms with Crippen LogP contribution < -0.4 is 14.8 Å². The first kappa shape index (κ1) is 19.7. The third kappa shape index (κ3) is 4.42. The molecule has 0 fully saturated rings. The minimum atomic E-state index is -0.174. The Morgan fingerprint density at radius 1 is 1.07 bits per heavy atom. The zero-order valence-electron chi connectivity index (χ0n) is 16.1. The van der Waals surface area contributed by atoms with Gasteiger partial charge in [0.15, 0.2) is 11.5 Å². The summed E-state index contributed by atoms with van der Waals surface area (Å²) in [6, 6.07) is 11.2. The molecule has 1 N–H and O–H groups in total. The number of anilines is 1. The third-order valence-corrected chi connectivity index (χ3v) is 5.09. The number of methoxy groups -OCH3 is 2. The van der Waals surface area contributed by atoms with Gasteiger partial charge in [0, 0.05) is 11.8 Å². The van der Waals surface area contributed by atoms with Crippen LogP contribution in [0.1, 0.15) is 11.1 Å². The topological polar surface area (TPSA) is 91.2 Å². The molecule has 2 aromatic carbocycles. The lowest BCUT2D eigenvalue weighted by Crippen LogP contribution is -2.14. The lowest BCUT2D eigenvalue weighted by Gasteiger charge is -2.10. The number of carbonyl (C=O) groups excluding carboxylic acids is 1. The summed E-state index contributed by atoms with van der Waals surface area (Å²) < 4.78 is 12.1. The average molecular weight is 399 g/mol. The Morgan fingerprint density at radius 2 is 1.86 bits per heavy atom. The van der Waals surface area contributed by atoms with Crippen molar-refractivity contribution in [2.75, 3.05) is 25.3 Å². The van der Waals surface area contributed by atoms with Gasteiger partial charge in [-0.2, -0.15) is 4.68 Å². The van der Waals surface area contributed by atoms with Crippen molar-refractivity contribution >= 4 is 23.4 Å². The number of hydrogen-bond donors (Lipinski definition) is 1. The molecule has 0 bridgehead atoms. The summed E-state index contributed by atoms with van der Waals surface area (Å²) in [5.41, 5.74) is 3.82. The van der Waals surface area contributed by atoms with Gasteiger partial charge in [0.2, 0.25) is 11.1 Å². The molecule has 3 rings (SSSR count). The van der Waals surface area contributed by atoms with E-state index in [1.54, 1.807) is 37.1 Å². The Kier molecular flexibility index (Phi) is 6.15. The SMILES string of the molecule is COc1ccc(NC(=O)CSc2nnnn2-c2ccc(C)c(C)c2)cc1OC. The van der Waals surface area contributed by atoms with Crippen molar-refractivity contribution in [2.24, 2.45) is 0 Å². The molecule has 0 spiro atoms. The summed E-state index contributed by atoms with van der Waals surface area (Å²) in [6.45, 7) is 4.08. The van der Waals surface area contributed by atoms with Gasteiger partial charge in [-0.1, -0.05) is 17.8 Å². The van der Waals surface area contributed by atoms with Crippen molar-refractivity contribution in [3.05, 3.63) is 47.5 Å². The van der Waals surface area contributed by atoms with E-state index in [0.717, 1.165) is 11.3 Å². The quantitative estimate of drug-likeness (QED) is 0.611. The van der Waals surface area contributed by atoms with Crippen LogP contribution in [0.25, 0.3) is 5.69 Å². The summed E-state index contributed by atoms with van der Waals surface area (Å²) in [5.74, 6) is 1.14. The van der Waals surface area contributed by atoms with E-state index in [-0.39, 0.29) is 11.7 Å². The van der Waals surface area contributed by atoms with Crippen molar-refractivity contribution in [2.45, 2.75) is 19.0 Å². The highest BCUT2D eigenvalue weighted by Crippen LogP contribution is 2.30. The molecule has 0 saturated carbocycles. The number of amides is 1. The first-order chi connectivity index (χ1) is 13.5. The first-order valence-electron chi connectivity index (χ1n) is 8.52. The Balaban J connectivity index is 1.66. The molecule has 0 radical (unpaired) electrons. The van der Waals surface area contributed by atoms with Crippen LogP contribution in [0.15, 0.2) is 41.6 Å². The molecule has 1 amide bonds. The first-order valence-corrected chi connectivity index (χ1v) is 9.51. The number of benzene rings is 2. The molecule has 28 heavy (non-hydrogen) atoms. The lowest BCUT2D eigenvalue weighted by molar-refractivity contribution is -0.113. The van der Waals surface area contributed by atoms with Gasteiger partial charge >= 0.3 is 0 Å². The van der Waals surface area contributed by atoms with Gasteiger partial charge in [-0.05, 0) is 59.7 Å². The number of aromatic nitrogens is 4. The van der Waals surface area contributed by atoms with Crippen molar-refractivity contribution in [3.8, 4) is 17.2 Å². The third-order valence-electron chi connectivity index (χ3n) is 4.18. The molecule has 3 aromatic rings. The van der Waals surface area contributed by atoms with E-state index in [1.165, 1.54) is 17.3 Å². The zero-order valence-corrected chi connectivity index (χ0v) is 16.9. The summed E-state index contributed by atoms with van der Waals surface area (Å²) in [6.07, 6.45) is 0. The van der Waals surface area contributed by atoms with Crippen molar-refractivity contribution in [1.29, 1.82) is 0 Å². The Morgan fingerprint density at radius 3 is 2.57 bits per heavy atom. The van der Waals surface area contributed by atoms with Crippen LogP contribution in [0.5, 0.6) is 11.5 Å². The number of thioether (sulfide) groups is 1.